The summed E-state index contributed by atoms with van der Waals surface area (Å²) in [5.74, 6) is -0.448. The van der Waals surface area contributed by atoms with E-state index in [1.54, 1.807) is 53.5 Å². The topological polar surface area (TPSA) is 103 Å². The molecule has 2 heterocycles. The smallest absolute Gasteiger partial charge is 0.278 e. The van der Waals surface area contributed by atoms with Crippen LogP contribution in [0.5, 0.6) is 0 Å². The molecule has 3 aromatic carbocycles. The standard InChI is InChI=1S/C24H17F2N5O3S/c25-18-6-10-21(11-7-18)35(32,33)30-20-8-4-16(5-9-20)13-31-14-22(27-15-31)24-28-23(29-34-24)17-2-1-3-19(26)12-17/h1-12,14-15,30H,13H2. The molecule has 1 N–H and O–H groups in total. The average molecular weight is 493 g/mol. The third-order valence-electron chi connectivity index (χ3n) is 5.06. The van der Waals surface area contributed by atoms with E-state index in [-0.39, 0.29) is 16.6 Å². The van der Waals surface area contributed by atoms with Crippen molar-refractivity contribution in [3.05, 3.63) is 103 Å². The molecule has 35 heavy (non-hydrogen) atoms. The minimum Gasteiger partial charge on any atom is -0.332 e. The lowest BCUT2D eigenvalue weighted by atomic mass is 10.2. The van der Waals surface area contributed by atoms with E-state index in [0.29, 0.717) is 23.5 Å². The first-order valence-electron chi connectivity index (χ1n) is 10.3. The number of anilines is 1. The lowest BCUT2D eigenvalue weighted by Gasteiger charge is -2.09. The number of nitrogens with zero attached hydrogens (tertiary/aromatic N) is 4. The summed E-state index contributed by atoms with van der Waals surface area (Å²) >= 11 is 0. The summed E-state index contributed by atoms with van der Waals surface area (Å²) in [5.41, 5.74) is 2.23. The number of rotatable bonds is 7. The van der Waals surface area contributed by atoms with Crippen LogP contribution in [0.15, 0.2) is 94.7 Å². The molecule has 0 aliphatic rings. The SMILES string of the molecule is O=S(=O)(Nc1ccc(Cn2cnc(-c3nc(-c4cccc(F)c4)no3)c2)cc1)c1ccc(F)cc1. The van der Waals surface area contributed by atoms with Crippen molar-refractivity contribution in [1.29, 1.82) is 0 Å². The molecule has 0 fully saturated rings. The minimum atomic E-state index is -3.83. The molecule has 0 bridgehead atoms. The summed E-state index contributed by atoms with van der Waals surface area (Å²) < 4.78 is 60.9. The second-order valence-electron chi connectivity index (χ2n) is 7.62. The zero-order chi connectivity index (χ0) is 24.4. The zero-order valence-electron chi connectivity index (χ0n) is 18.0. The highest BCUT2D eigenvalue weighted by atomic mass is 32.2. The number of hydrogen-bond acceptors (Lipinski definition) is 6. The van der Waals surface area contributed by atoms with Crippen LogP contribution in [0, 0.1) is 11.6 Å². The largest absolute Gasteiger partial charge is 0.332 e. The Morgan fingerprint density at radius 1 is 0.943 bits per heavy atom. The Hall–Kier alpha value is -4.38. The van der Waals surface area contributed by atoms with Crippen LogP contribution >= 0.6 is 0 Å². The van der Waals surface area contributed by atoms with Crippen LogP contribution in [-0.4, -0.2) is 28.1 Å². The Morgan fingerprint density at radius 3 is 2.46 bits per heavy atom. The number of nitrogens with one attached hydrogen (secondary N) is 1. The van der Waals surface area contributed by atoms with Gasteiger partial charge in [0.15, 0.2) is 0 Å². The molecule has 0 unspecified atom stereocenters. The Morgan fingerprint density at radius 2 is 1.71 bits per heavy atom. The normalized spacial score (nSPS) is 11.5. The van der Waals surface area contributed by atoms with Crippen molar-refractivity contribution in [1.82, 2.24) is 19.7 Å². The maximum Gasteiger partial charge on any atom is 0.278 e. The molecule has 0 aliphatic heterocycles. The molecule has 0 amide bonds. The number of halogens is 2. The Kier molecular flexibility index (Phi) is 5.83. The van der Waals surface area contributed by atoms with Crippen molar-refractivity contribution in [2.45, 2.75) is 11.4 Å². The number of hydrogen-bond donors (Lipinski definition) is 1. The van der Waals surface area contributed by atoms with E-state index in [4.69, 9.17) is 4.52 Å². The van der Waals surface area contributed by atoms with E-state index in [9.17, 15) is 17.2 Å². The highest BCUT2D eigenvalue weighted by Crippen LogP contribution is 2.22. The summed E-state index contributed by atoms with van der Waals surface area (Å²) in [5, 5.41) is 3.89. The molecule has 8 nitrogen and oxygen atoms in total. The second-order valence-corrected chi connectivity index (χ2v) is 9.30. The summed E-state index contributed by atoms with van der Waals surface area (Å²) in [6.45, 7) is 0.461. The van der Waals surface area contributed by atoms with Gasteiger partial charge in [-0.3, -0.25) is 4.72 Å². The van der Waals surface area contributed by atoms with Crippen molar-refractivity contribution in [3.8, 4) is 23.0 Å². The van der Waals surface area contributed by atoms with Gasteiger partial charge in [0.1, 0.15) is 17.3 Å². The fraction of sp³-hybridized carbons (Fsp3) is 0.0417. The molecule has 2 aromatic heterocycles. The predicted molar refractivity (Wildman–Crippen MR) is 124 cm³/mol. The first-order chi connectivity index (χ1) is 16.9. The van der Waals surface area contributed by atoms with Gasteiger partial charge < -0.3 is 9.09 Å². The van der Waals surface area contributed by atoms with Crippen LogP contribution in [-0.2, 0) is 16.6 Å². The van der Waals surface area contributed by atoms with Gasteiger partial charge >= 0.3 is 0 Å². The number of aromatic nitrogens is 4. The van der Waals surface area contributed by atoms with Crippen molar-refractivity contribution in [2.75, 3.05) is 4.72 Å². The van der Waals surface area contributed by atoms with Crippen LogP contribution in [0.4, 0.5) is 14.5 Å². The maximum absolute atomic E-state index is 13.4. The third kappa shape index (κ3) is 5.09. The number of benzene rings is 3. The molecule has 0 atom stereocenters. The molecule has 176 valence electrons. The Balaban J connectivity index is 1.26. The predicted octanol–water partition coefficient (Wildman–Crippen LogP) is 4.73. The van der Waals surface area contributed by atoms with E-state index < -0.39 is 21.7 Å². The summed E-state index contributed by atoms with van der Waals surface area (Å²) in [4.78, 5) is 8.54. The van der Waals surface area contributed by atoms with E-state index in [1.165, 1.54) is 24.3 Å². The van der Waals surface area contributed by atoms with Gasteiger partial charge in [0.05, 0.1) is 11.2 Å². The van der Waals surface area contributed by atoms with Crippen LogP contribution in [0.3, 0.4) is 0 Å². The highest BCUT2D eigenvalue weighted by molar-refractivity contribution is 7.92. The van der Waals surface area contributed by atoms with Gasteiger partial charge in [-0.15, -0.1) is 0 Å². The molecule has 0 saturated heterocycles. The van der Waals surface area contributed by atoms with Gasteiger partial charge in [-0.05, 0) is 54.1 Å². The Labute approximate surface area is 198 Å². The fourth-order valence-corrected chi connectivity index (χ4v) is 4.40. The molecule has 11 heteroatoms. The lowest BCUT2D eigenvalue weighted by molar-refractivity contribution is 0.431. The summed E-state index contributed by atoms with van der Waals surface area (Å²) in [6.07, 6.45) is 3.33. The van der Waals surface area contributed by atoms with E-state index >= 15 is 0 Å². The Bertz CT molecular complexity index is 1580. The van der Waals surface area contributed by atoms with Gasteiger partial charge in [-0.25, -0.2) is 22.2 Å². The molecular formula is C24H17F2N5O3S. The maximum atomic E-state index is 13.4. The molecule has 5 rings (SSSR count). The first kappa shape index (κ1) is 22.4. The molecule has 0 aliphatic carbocycles. The van der Waals surface area contributed by atoms with E-state index in [0.717, 1.165) is 17.7 Å². The number of imidazole rings is 1. The highest BCUT2D eigenvalue weighted by Gasteiger charge is 2.15. The van der Waals surface area contributed by atoms with Gasteiger partial charge in [0, 0.05) is 24.0 Å². The van der Waals surface area contributed by atoms with Crippen molar-refractivity contribution < 1.29 is 21.7 Å². The molecular weight excluding hydrogens is 476 g/mol. The average Bonchev–Trinajstić information content (AvgIpc) is 3.50. The van der Waals surface area contributed by atoms with Crippen molar-refractivity contribution in [3.63, 3.8) is 0 Å². The van der Waals surface area contributed by atoms with Crippen molar-refractivity contribution >= 4 is 15.7 Å². The van der Waals surface area contributed by atoms with Crippen molar-refractivity contribution in [2.24, 2.45) is 0 Å². The lowest BCUT2D eigenvalue weighted by Crippen LogP contribution is -2.13. The van der Waals surface area contributed by atoms with E-state index in [1.807, 2.05) is 0 Å². The van der Waals surface area contributed by atoms with Crippen LogP contribution in [0.25, 0.3) is 23.0 Å². The van der Waals surface area contributed by atoms with Gasteiger partial charge in [0.2, 0.25) is 5.82 Å². The van der Waals surface area contributed by atoms with Crippen LogP contribution in [0.2, 0.25) is 0 Å². The van der Waals surface area contributed by atoms with Gasteiger partial charge in [-0.1, -0.05) is 29.4 Å². The van der Waals surface area contributed by atoms with Crippen LogP contribution < -0.4 is 4.72 Å². The quantitative estimate of drug-likeness (QED) is 0.352. The molecule has 5 aromatic rings. The van der Waals surface area contributed by atoms with Crippen LogP contribution in [0.1, 0.15) is 5.56 Å². The summed E-state index contributed by atoms with van der Waals surface area (Å²) in [6, 6.07) is 17.3. The van der Waals surface area contributed by atoms with Gasteiger partial charge in [0.25, 0.3) is 15.9 Å². The monoisotopic (exact) mass is 493 g/mol. The fourth-order valence-electron chi connectivity index (χ4n) is 3.35. The van der Waals surface area contributed by atoms with Gasteiger partial charge in [-0.2, -0.15) is 4.98 Å². The molecule has 0 saturated carbocycles. The minimum absolute atomic E-state index is 0.0319. The number of sulfonamides is 1. The second kappa shape index (κ2) is 9.11. The zero-order valence-corrected chi connectivity index (χ0v) is 18.8. The van der Waals surface area contributed by atoms with E-state index in [2.05, 4.69) is 19.8 Å². The molecule has 0 radical (unpaired) electrons. The first-order valence-corrected chi connectivity index (χ1v) is 11.8. The third-order valence-corrected chi connectivity index (χ3v) is 6.45. The molecule has 0 spiro atoms. The summed E-state index contributed by atoms with van der Waals surface area (Å²) in [7, 11) is -3.83.